The minimum atomic E-state index is -0.507. The highest BCUT2D eigenvalue weighted by Gasteiger charge is 2.41. The summed E-state index contributed by atoms with van der Waals surface area (Å²) in [5.41, 5.74) is -0.507. The molecule has 1 aliphatic rings. The molecule has 1 aromatic heterocycles. The molecule has 0 bridgehead atoms. The lowest BCUT2D eigenvalue weighted by molar-refractivity contribution is 0.00312. The molecule has 0 atom stereocenters. The Morgan fingerprint density at radius 1 is 1.28 bits per heavy atom. The number of nitrogens with zero attached hydrogens (tertiary/aromatic N) is 2. The fourth-order valence-electron chi connectivity index (χ4n) is 2.79. The van der Waals surface area contributed by atoms with E-state index < -0.39 is 5.60 Å². The second-order valence-electron chi connectivity index (χ2n) is 5.19. The minimum absolute atomic E-state index is 0.507. The van der Waals surface area contributed by atoms with Gasteiger partial charge in [0.15, 0.2) is 0 Å². The lowest BCUT2D eigenvalue weighted by atomic mass is 9.89. The van der Waals surface area contributed by atoms with Crippen LogP contribution in [0.4, 0.5) is 5.82 Å². The van der Waals surface area contributed by atoms with Crippen molar-refractivity contribution in [3.8, 4) is 0 Å². The van der Waals surface area contributed by atoms with Crippen LogP contribution in [0.3, 0.4) is 0 Å². The Labute approximate surface area is 107 Å². The number of fused-ring (bicyclic) bond motifs is 1. The Bertz CT molecular complexity index is 556. The van der Waals surface area contributed by atoms with Crippen LogP contribution < -0.4 is 4.90 Å². The molecule has 2 aromatic rings. The molecule has 3 rings (SSSR count). The van der Waals surface area contributed by atoms with Gasteiger partial charge in [-0.2, -0.15) is 0 Å². The largest absolute Gasteiger partial charge is 0.386 e. The van der Waals surface area contributed by atoms with Crippen LogP contribution in [0.2, 0.25) is 0 Å². The van der Waals surface area contributed by atoms with Gasteiger partial charge in [-0.25, -0.2) is 4.98 Å². The molecule has 3 nitrogen and oxygen atoms in total. The molecule has 0 amide bonds. The van der Waals surface area contributed by atoms with Crippen LogP contribution in [0, 0.1) is 0 Å². The highest BCUT2D eigenvalue weighted by molar-refractivity contribution is 5.92. The molecule has 1 saturated heterocycles. The normalized spacial score (nSPS) is 17.8. The number of hydrogen-bond donors (Lipinski definition) is 1. The zero-order valence-corrected chi connectivity index (χ0v) is 10.6. The first-order valence-electron chi connectivity index (χ1n) is 6.53. The topological polar surface area (TPSA) is 36.4 Å². The maximum Gasteiger partial charge on any atom is 0.136 e. The number of β-amino-alcohol motifs (C(OH)–C–C–N with tert-alkyl or cyclic N) is 1. The number of anilines is 1. The van der Waals surface area contributed by atoms with Crippen LogP contribution in [0.25, 0.3) is 10.8 Å². The predicted molar refractivity (Wildman–Crippen MR) is 73.8 cm³/mol. The molecule has 1 aromatic carbocycles. The van der Waals surface area contributed by atoms with Crippen LogP contribution in [-0.2, 0) is 0 Å². The molecule has 1 fully saturated rings. The average Bonchev–Trinajstić information content (AvgIpc) is 2.35. The van der Waals surface area contributed by atoms with E-state index in [1.807, 2.05) is 24.4 Å². The summed E-state index contributed by atoms with van der Waals surface area (Å²) in [7, 11) is 0. The highest BCUT2D eigenvalue weighted by atomic mass is 16.3. The van der Waals surface area contributed by atoms with Crippen molar-refractivity contribution < 1.29 is 5.11 Å². The van der Waals surface area contributed by atoms with Crippen molar-refractivity contribution in [3.63, 3.8) is 0 Å². The summed E-state index contributed by atoms with van der Waals surface area (Å²) in [5.74, 6) is 0.994. The molecule has 0 radical (unpaired) electrons. The molecule has 94 valence electrons. The number of rotatable bonds is 3. The molecule has 0 aliphatic carbocycles. The SMILES string of the molecule is CCCC1(O)CN(c2nccc3ccccc23)C1. The van der Waals surface area contributed by atoms with Gasteiger partial charge in [-0.15, -0.1) is 0 Å². The molecule has 2 heterocycles. The van der Waals surface area contributed by atoms with E-state index in [1.54, 1.807) is 0 Å². The van der Waals surface area contributed by atoms with Gasteiger partial charge in [-0.05, 0) is 17.9 Å². The lowest BCUT2D eigenvalue weighted by Crippen LogP contribution is -2.62. The van der Waals surface area contributed by atoms with Gasteiger partial charge in [-0.1, -0.05) is 37.6 Å². The zero-order chi connectivity index (χ0) is 12.6. The first kappa shape index (κ1) is 11.5. The fourth-order valence-corrected chi connectivity index (χ4v) is 2.79. The van der Waals surface area contributed by atoms with Crippen LogP contribution in [0.1, 0.15) is 19.8 Å². The molecule has 0 spiro atoms. The van der Waals surface area contributed by atoms with Gasteiger partial charge >= 0.3 is 0 Å². The third kappa shape index (κ3) is 1.85. The van der Waals surface area contributed by atoms with Crippen LogP contribution in [0.5, 0.6) is 0 Å². The van der Waals surface area contributed by atoms with E-state index in [9.17, 15) is 5.11 Å². The summed E-state index contributed by atoms with van der Waals surface area (Å²) < 4.78 is 0. The Balaban J connectivity index is 1.89. The number of pyridine rings is 1. The van der Waals surface area contributed by atoms with Crippen molar-refractivity contribution in [2.75, 3.05) is 18.0 Å². The number of hydrogen-bond acceptors (Lipinski definition) is 3. The first-order valence-corrected chi connectivity index (χ1v) is 6.53. The Morgan fingerprint density at radius 3 is 2.83 bits per heavy atom. The molecular formula is C15H18N2O. The van der Waals surface area contributed by atoms with Gasteiger partial charge in [0.05, 0.1) is 5.60 Å². The van der Waals surface area contributed by atoms with E-state index in [2.05, 4.69) is 28.9 Å². The second-order valence-corrected chi connectivity index (χ2v) is 5.19. The Kier molecular flexibility index (Phi) is 2.71. The van der Waals surface area contributed by atoms with Gasteiger partial charge in [-0.3, -0.25) is 0 Å². The summed E-state index contributed by atoms with van der Waals surface area (Å²) in [6.07, 6.45) is 3.73. The summed E-state index contributed by atoms with van der Waals surface area (Å²) in [6.45, 7) is 3.50. The highest BCUT2D eigenvalue weighted by Crippen LogP contribution is 2.33. The van der Waals surface area contributed by atoms with Gasteiger partial charge in [0.25, 0.3) is 0 Å². The number of benzene rings is 1. The smallest absolute Gasteiger partial charge is 0.136 e. The van der Waals surface area contributed by atoms with E-state index in [0.717, 1.165) is 18.7 Å². The molecule has 18 heavy (non-hydrogen) atoms. The maximum absolute atomic E-state index is 10.2. The average molecular weight is 242 g/mol. The number of aliphatic hydroxyl groups is 1. The van der Waals surface area contributed by atoms with Crippen molar-refractivity contribution in [2.24, 2.45) is 0 Å². The van der Waals surface area contributed by atoms with Crippen LogP contribution >= 0.6 is 0 Å². The maximum atomic E-state index is 10.2. The standard InChI is InChI=1S/C15H18N2O/c1-2-8-15(18)10-17(11-15)14-13-6-4-3-5-12(13)7-9-16-14/h3-7,9,18H,2,8,10-11H2,1H3. The van der Waals surface area contributed by atoms with Crippen molar-refractivity contribution >= 4 is 16.6 Å². The minimum Gasteiger partial charge on any atom is -0.386 e. The second kappa shape index (κ2) is 4.25. The molecule has 3 heteroatoms. The van der Waals surface area contributed by atoms with E-state index in [0.29, 0.717) is 13.1 Å². The molecule has 0 saturated carbocycles. The van der Waals surface area contributed by atoms with Gasteiger partial charge in [0.1, 0.15) is 5.82 Å². The van der Waals surface area contributed by atoms with Gasteiger partial charge in [0.2, 0.25) is 0 Å². The van der Waals surface area contributed by atoms with Crippen molar-refractivity contribution in [2.45, 2.75) is 25.4 Å². The lowest BCUT2D eigenvalue weighted by Gasteiger charge is -2.47. The third-order valence-electron chi connectivity index (χ3n) is 3.64. The molecule has 1 aliphatic heterocycles. The zero-order valence-electron chi connectivity index (χ0n) is 10.6. The quantitative estimate of drug-likeness (QED) is 0.898. The van der Waals surface area contributed by atoms with Crippen molar-refractivity contribution in [1.29, 1.82) is 0 Å². The van der Waals surface area contributed by atoms with E-state index in [-0.39, 0.29) is 0 Å². The first-order chi connectivity index (χ1) is 8.72. The Morgan fingerprint density at radius 2 is 2.06 bits per heavy atom. The van der Waals surface area contributed by atoms with Crippen molar-refractivity contribution in [1.82, 2.24) is 4.98 Å². The van der Waals surface area contributed by atoms with Gasteiger partial charge in [0, 0.05) is 24.7 Å². The molecule has 1 N–H and O–H groups in total. The van der Waals surface area contributed by atoms with Crippen LogP contribution in [0.15, 0.2) is 36.5 Å². The van der Waals surface area contributed by atoms with E-state index in [4.69, 9.17) is 0 Å². The van der Waals surface area contributed by atoms with Crippen molar-refractivity contribution in [3.05, 3.63) is 36.5 Å². The third-order valence-corrected chi connectivity index (χ3v) is 3.64. The van der Waals surface area contributed by atoms with E-state index >= 15 is 0 Å². The summed E-state index contributed by atoms with van der Waals surface area (Å²) in [4.78, 5) is 6.63. The molecular weight excluding hydrogens is 224 g/mol. The Hall–Kier alpha value is -1.61. The van der Waals surface area contributed by atoms with Gasteiger partial charge < -0.3 is 10.0 Å². The van der Waals surface area contributed by atoms with E-state index in [1.165, 1.54) is 10.8 Å². The monoisotopic (exact) mass is 242 g/mol. The number of aromatic nitrogens is 1. The summed E-state index contributed by atoms with van der Waals surface area (Å²) in [6, 6.07) is 10.3. The molecule has 0 unspecified atom stereocenters. The predicted octanol–water partition coefficient (Wildman–Crippen LogP) is 2.59. The summed E-state index contributed by atoms with van der Waals surface area (Å²) in [5, 5.41) is 12.6. The summed E-state index contributed by atoms with van der Waals surface area (Å²) >= 11 is 0. The van der Waals surface area contributed by atoms with Crippen LogP contribution in [-0.4, -0.2) is 28.8 Å². The fraction of sp³-hybridized carbons (Fsp3) is 0.400.